The smallest absolute Gasteiger partial charge is 0.194 e. The number of methoxy groups -OCH3 is 2. The number of guanidine groups is 1. The van der Waals surface area contributed by atoms with Gasteiger partial charge in [0, 0.05) is 46.2 Å². The van der Waals surface area contributed by atoms with Gasteiger partial charge in [0.2, 0.25) is 0 Å². The molecule has 1 aromatic heterocycles. The second-order valence-corrected chi connectivity index (χ2v) is 6.12. The van der Waals surface area contributed by atoms with Gasteiger partial charge in [-0.1, -0.05) is 0 Å². The van der Waals surface area contributed by atoms with Crippen LogP contribution >= 0.6 is 0 Å². The predicted octanol–water partition coefficient (Wildman–Crippen LogP) is 1.40. The van der Waals surface area contributed by atoms with Crippen molar-refractivity contribution in [2.24, 2.45) is 10.9 Å². The normalized spacial score (nSPS) is 18.1. The Bertz CT molecular complexity index is 479. The molecule has 0 radical (unpaired) electrons. The fraction of sp³-hybridized carbons (Fsp3) is 0.722. The Kier molecular flexibility index (Phi) is 9.40. The zero-order valence-electron chi connectivity index (χ0n) is 15.4. The first-order valence-corrected chi connectivity index (χ1v) is 8.94. The van der Waals surface area contributed by atoms with Gasteiger partial charge < -0.3 is 28.8 Å². The van der Waals surface area contributed by atoms with Crippen molar-refractivity contribution in [2.75, 3.05) is 66.8 Å². The number of rotatable bonds is 11. The van der Waals surface area contributed by atoms with Crippen molar-refractivity contribution in [3.8, 4) is 0 Å². The van der Waals surface area contributed by atoms with E-state index in [2.05, 4.69) is 15.2 Å². The van der Waals surface area contributed by atoms with Crippen LogP contribution in [0.25, 0.3) is 0 Å². The molecule has 1 aliphatic rings. The molecule has 1 atom stereocenters. The topological polar surface area (TPSA) is 68.5 Å². The van der Waals surface area contributed by atoms with Crippen LogP contribution in [0.15, 0.2) is 27.8 Å². The Hall–Kier alpha value is -1.57. The van der Waals surface area contributed by atoms with E-state index in [1.807, 2.05) is 12.1 Å². The van der Waals surface area contributed by atoms with Gasteiger partial charge in [-0.25, -0.2) is 0 Å². The Morgan fingerprint density at radius 1 is 1.32 bits per heavy atom. The molecule has 0 amide bonds. The lowest BCUT2D eigenvalue weighted by atomic mass is 10.1. The SMILES string of the molecule is COCCN=C(NCCc1ccco1)N1CCC(COCCOC)C1. The summed E-state index contributed by atoms with van der Waals surface area (Å²) < 4.78 is 21.2. The molecule has 0 aromatic carbocycles. The summed E-state index contributed by atoms with van der Waals surface area (Å²) in [6, 6.07) is 3.91. The van der Waals surface area contributed by atoms with Gasteiger partial charge in [0.15, 0.2) is 5.96 Å². The van der Waals surface area contributed by atoms with E-state index in [4.69, 9.17) is 18.6 Å². The van der Waals surface area contributed by atoms with Crippen molar-refractivity contribution < 1.29 is 18.6 Å². The molecule has 2 rings (SSSR count). The first-order valence-electron chi connectivity index (χ1n) is 8.94. The predicted molar refractivity (Wildman–Crippen MR) is 97.0 cm³/mol. The van der Waals surface area contributed by atoms with Crippen LogP contribution in [0.1, 0.15) is 12.2 Å². The van der Waals surface area contributed by atoms with Crippen LogP contribution in [-0.2, 0) is 20.6 Å². The van der Waals surface area contributed by atoms with Crippen molar-refractivity contribution in [3.63, 3.8) is 0 Å². The molecule has 1 aliphatic heterocycles. The van der Waals surface area contributed by atoms with Gasteiger partial charge in [-0.2, -0.15) is 0 Å². The summed E-state index contributed by atoms with van der Waals surface area (Å²) in [5.74, 6) is 2.47. The highest BCUT2D eigenvalue weighted by Crippen LogP contribution is 2.16. The molecule has 1 unspecified atom stereocenters. The van der Waals surface area contributed by atoms with E-state index in [0.717, 1.165) is 50.8 Å². The first-order chi connectivity index (χ1) is 12.3. The quantitative estimate of drug-likeness (QED) is 0.368. The Balaban J connectivity index is 1.77. The molecule has 2 heterocycles. The average Bonchev–Trinajstić information content (AvgIpc) is 3.29. The molecule has 0 bridgehead atoms. The molecule has 1 saturated heterocycles. The number of nitrogens with one attached hydrogen (secondary N) is 1. The number of hydrogen-bond donors (Lipinski definition) is 1. The molecule has 1 aromatic rings. The number of likely N-dealkylation sites (tertiary alicyclic amines) is 1. The van der Waals surface area contributed by atoms with Crippen molar-refractivity contribution >= 4 is 5.96 Å². The number of aliphatic imine (C=N–C) groups is 1. The molecule has 7 nitrogen and oxygen atoms in total. The van der Waals surface area contributed by atoms with Crippen molar-refractivity contribution in [1.82, 2.24) is 10.2 Å². The van der Waals surface area contributed by atoms with E-state index in [-0.39, 0.29) is 0 Å². The Labute approximate surface area is 150 Å². The minimum absolute atomic E-state index is 0.538. The van der Waals surface area contributed by atoms with Gasteiger partial charge in [0.1, 0.15) is 5.76 Å². The summed E-state index contributed by atoms with van der Waals surface area (Å²) in [4.78, 5) is 6.98. The first kappa shape index (κ1) is 19.8. The van der Waals surface area contributed by atoms with Gasteiger partial charge in [-0.15, -0.1) is 0 Å². The second kappa shape index (κ2) is 11.9. The molecule has 25 heavy (non-hydrogen) atoms. The van der Waals surface area contributed by atoms with Crippen molar-refractivity contribution in [2.45, 2.75) is 12.8 Å². The van der Waals surface area contributed by atoms with E-state index in [0.29, 0.717) is 32.3 Å². The highest BCUT2D eigenvalue weighted by molar-refractivity contribution is 5.80. The van der Waals surface area contributed by atoms with E-state index >= 15 is 0 Å². The van der Waals surface area contributed by atoms with Crippen LogP contribution in [0.5, 0.6) is 0 Å². The molecule has 1 N–H and O–H groups in total. The van der Waals surface area contributed by atoms with Crippen molar-refractivity contribution in [1.29, 1.82) is 0 Å². The molecular formula is C18H31N3O4. The number of hydrogen-bond acceptors (Lipinski definition) is 5. The van der Waals surface area contributed by atoms with Gasteiger partial charge in [0.05, 0.1) is 39.2 Å². The zero-order chi connectivity index (χ0) is 17.7. The van der Waals surface area contributed by atoms with Gasteiger partial charge in [-0.3, -0.25) is 4.99 Å². The lowest BCUT2D eigenvalue weighted by Crippen LogP contribution is -2.41. The molecule has 142 valence electrons. The summed E-state index contributed by atoms with van der Waals surface area (Å²) in [5, 5.41) is 3.46. The van der Waals surface area contributed by atoms with E-state index in [1.54, 1.807) is 20.5 Å². The maximum atomic E-state index is 5.67. The molecule has 1 fully saturated rings. The zero-order valence-corrected chi connectivity index (χ0v) is 15.4. The van der Waals surface area contributed by atoms with E-state index < -0.39 is 0 Å². The number of nitrogens with zero attached hydrogens (tertiary/aromatic N) is 2. The van der Waals surface area contributed by atoms with Crippen LogP contribution in [0, 0.1) is 5.92 Å². The molecule has 0 aliphatic carbocycles. The monoisotopic (exact) mass is 353 g/mol. The highest BCUT2D eigenvalue weighted by atomic mass is 16.5. The third-order valence-electron chi connectivity index (χ3n) is 4.16. The molecule has 0 saturated carbocycles. The summed E-state index contributed by atoms with van der Waals surface area (Å²) in [6.07, 6.45) is 3.67. The van der Waals surface area contributed by atoms with Crippen LogP contribution in [0.3, 0.4) is 0 Å². The third-order valence-corrected chi connectivity index (χ3v) is 4.16. The molecule has 0 spiro atoms. The fourth-order valence-corrected chi connectivity index (χ4v) is 2.82. The van der Waals surface area contributed by atoms with Crippen molar-refractivity contribution in [3.05, 3.63) is 24.2 Å². The van der Waals surface area contributed by atoms with Crippen LogP contribution in [0.2, 0.25) is 0 Å². The summed E-state index contributed by atoms with van der Waals surface area (Å²) in [7, 11) is 3.39. The summed E-state index contributed by atoms with van der Waals surface area (Å²) in [6.45, 7) is 6.12. The van der Waals surface area contributed by atoms with Crippen LogP contribution in [-0.4, -0.2) is 77.7 Å². The Morgan fingerprint density at radius 2 is 2.20 bits per heavy atom. The van der Waals surface area contributed by atoms with Gasteiger partial charge in [-0.05, 0) is 18.6 Å². The van der Waals surface area contributed by atoms with Crippen LogP contribution < -0.4 is 5.32 Å². The third kappa shape index (κ3) is 7.46. The highest BCUT2D eigenvalue weighted by Gasteiger charge is 2.25. The summed E-state index contributed by atoms with van der Waals surface area (Å²) >= 11 is 0. The lowest BCUT2D eigenvalue weighted by molar-refractivity contribution is 0.0536. The van der Waals surface area contributed by atoms with E-state index in [1.165, 1.54) is 0 Å². The maximum absolute atomic E-state index is 5.67. The minimum Gasteiger partial charge on any atom is -0.469 e. The standard InChI is InChI=1S/C18H31N3O4/c1-22-11-8-20-18(19-7-5-17-4-3-10-25-17)21-9-6-16(14-21)15-24-13-12-23-2/h3-4,10,16H,5-9,11-15H2,1-2H3,(H,19,20). The summed E-state index contributed by atoms with van der Waals surface area (Å²) in [5.41, 5.74) is 0. The number of furan rings is 1. The molecular weight excluding hydrogens is 322 g/mol. The number of ether oxygens (including phenoxy) is 3. The van der Waals surface area contributed by atoms with Crippen LogP contribution in [0.4, 0.5) is 0 Å². The lowest BCUT2D eigenvalue weighted by Gasteiger charge is -2.22. The minimum atomic E-state index is 0.538. The molecule has 7 heteroatoms. The van der Waals surface area contributed by atoms with E-state index in [9.17, 15) is 0 Å². The maximum Gasteiger partial charge on any atom is 0.194 e. The fourth-order valence-electron chi connectivity index (χ4n) is 2.82. The average molecular weight is 353 g/mol. The van der Waals surface area contributed by atoms with Gasteiger partial charge in [0.25, 0.3) is 0 Å². The Morgan fingerprint density at radius 3 is 2.96 bits per heavy atom. The van der Waals surface area contributed by atoms with Gasteiger partial charge >= 0.3 is 0 Å². The largest absolute Gasteiger partial charge is 0.469 e. The second-order valence-electron chi connectivity index (χ2n) is 6.12.